The van der Waals surface area contributed by atoms with Crippen LogP contribution in [0.25, 0.3) is 0 Å². The lowest BCUT2D eigenvalue weighted by Crippen LogP contribution is -2.51. The molecule has 1 aliphatic rings. The van der Waals surface area contributed by atoms with Crippen molar-refractivity contribution in [3.63, 3.8) is 0 Å². The van der Waals surface area contributed by atoms with E-state index in [9.17, 15) is 4.79 Å². The number of rotatable bonds is 2. The number of hydrogen-bond donors (Lipinski definition) is 1. The van der Waals surface area contributed by atoms with Gasteiger partial charge in [0.05, 0.1) is 18.6 Å². The van der Waals surface area contributed by atoms with E-state index in [0.717, 1.165) is 0 Å². The lowest BCUT2D eigenvalue weighted by molar-refractivity contribution is -0.157. The summed E-state index contributed by atoms with van der Waals surface area (Å²) in [5.74, 6) is 0.112. The summed E-state index contributed by atoms with van der Waals surface area (Å²) in [6, 6.07) is 0. The predicted molar refractivity (Wildman–Crippen MR) is 37.6 cm³/mol. The number of hydrogen-bond acceptors (Lipinski definition) is 2. The van der Waals surface area contributed by atoms with Crippen LogP contribution >= 0.6 is 0 Å². The van der Waals surface area contributed by atoms with E-state index in [-0.39, 0.29) is 11.3 Å². The molecule has 0 saturated carbocycles. The van der Waals surface area contributed by atoms with E-state index in [4.69, 9.17) is 4.74 Å². The summed E-state index contributed by atoms with van der Waals surface area (Å²) in [6.07, 6.45) is 0. The average Bonchev–Trinajstić information content (AvgIpc) is 1.83. The fourth-order valence-electron chi connectivity index (χ4n) is 0.913. The van der Waals surface area contributed by atoms with Gasteiger partial charge in [-0.3, -0.25) is 4.79 Å². The topological polar surface area (TPSA) is 38.3 Å². The molecule has 0 atom stereocenters. The maximum atomic E-state index is 11.2. The second-order valence-corrected chi connectivity index (χ2v) is 2.91. The number of carbonyl (C=O) groups excluding carboxylic acids is 1. The Labute approximate surface area is 60.7 Å². The molecule has 1 heterocycles. The van der Waals surface area contributed by atoms with Gasteiger partial charge in [0.1, 0.15) is 0 Å². The second-order valence-electron chi connectivity index (χ2n) is 2.91. The molecule has 1 amide bonds. The van der Waals surface area contributed by atoms with E-state index in [1.54, 1.807) is 0 Å². The summed E-state index contributed by atoms with van der Waals surface area (Å²) in [6.45, 7) is 5.67. The van der Waals surface area contributed by atoms with Crippen LogP contribution in [-0.2, 0) is 9.53 Å². The molecule has 0 unspecified atom stereocenters. The predicted octanol–water partition coefficient (Wildman–Crippen LogP) is 0.159. The van der Waals surface area contributed by atoms with Crippen molar-refractivity contribution in [2.45, 2.75) is 13.8 Å². The SMILES string of the molecule is CCNC(=O)C1(C)COC1. The highest BCUT2D eigenvalue weighted by Crippen LogP contribution is 2.26. The lowest BCUT2D eigenvalue weighted by atomic mass is 9.88. The molecule has 1 rings (SSSR count). The third-order valence-electron chi connectivity index (χ3n) is 1.73. The largest absolute Gasteiger partial charge is 0.379 e. The van der Waals surface area contributed by atoms with Crippen molar-refractivity contribution >= 4 is 5.91 Å². The fraction of sp³-hybridized carbons (Fsp3) is 0.857. The van der Waals surface area contributed by atoms with Gasteiger partial charge in [0, 0.05) is 6.54 Å². The van der Waals surface area contributed by atoms with E-state index in [2.05, 4.69) is 5.32 Å². The minimum atomic E-state index is -0.240. The first-order valence-corrected chi connectivity index (χ1v) is 3.55. The Bertz CT molecular complexity index is 141. The molecule has 1 N–H and O–H groups in total. The van der Waals surface area contributed by atoms with Crippen LogP contribution in [0, 0.1) is 5.41 Å². The van der Waals surface area contributed by atoms with Crippen molar-refractivity contribution in [1.29, 1.82) is 0 Å². The zero-order valence-corrected chi connectivity index (χ0v) is 6.44. The molecule has 1 saturated heterocycles. The second kappa shape index (κ2) is 2.58. The highest BCUT2D eigenvalue weighted by atomic mass is 16.5. The van der Waals surface area contributed by atoms with Gasteiger partial charge in [0.2, 0.25) is 5.91 Å². The van der Waals surface area contributed by atoms with Gasteiger partial charge in [-0.15, -0.1) is 0 Å². The van der Waals surface area contributed by atoms with Gasteiger partial charge >= 0.3 is 0 Å². The Balaban J connectivity index is 2.39. The minimum absolute atomic E-state index is 0.112. The van der Waals surface area contributed by atoms with Crippen LogP contribution in [0.4, 0.5) is 0 Å². The van der Waals surface area contributed by atoms with Crippen LogP contribution in [-0.4, -0.2) is 25.7 Å². The smallest absolute Gasteiger partial charge is 0.230 e. The molecule has 0 aromatic carbocycles. The van der Waals surface area contributed by atoms with Crippen molar-refractivity contribution < 1.29 is 9.53 Å². The molecular formula is C7H13NO2. The molecule has 3 nitrogen and oxygen atoms in total. The van der Waals surface area contributed by atoms with Crippen molar-refractivity contribution in [1.82, 2.24) is 5.32 Å². The van der Waals surface area contributed by atoms with Gasteiger partial charge < -0.3 is 10.1 Å². The van der Waals surface area contributed by atoms with Crippen LogP contribution < -0.4 is 5.32 Å². The number of amides is 1. The Morgan fingerprint density at radius 2 is 2.30 bits per heavy atom. The Hall–Kier alpha value is -0.570. The maximum Gasteiger partial charge on any atom is 0.230 e. The molecule has 0 bridgehead atoms. The van der Waals surface area contributed by atoms with E-state index < -0.39 is 0 Å². The molecule has 0 aromatic rings. The zero-order valence-electron chi connectivity index (χ0n) is 6.44. The third kappa shape index (κ3) is 1.14. The molecule has 1 aliphatic heterocycles. The maximum absolute atomic E-state index is 11.2. The summed E-state index contributed by atoms with van der Waals surface area (Å²) in [7, 11) is 0. The summed E-state index contributed by atoms with van der Waals surface area (Å²) in [4.78, 5) is 11.2. The molecule has 58 valence electrons. The summed E-state index contributed by atoms with van der Waals surface area (Å²) in [5, 5.41) is 2.77. The lowest BCUT2D eigenvalue weighted by Gasteiger charge is -2.36. The van der Waals surface area contributed by atoms with Crippen molar-refractivity contribution in [2.75, 3.05) is 19.8 Å². The molecular weight excluding hydrogens is 130 g/mol. The van der Waals surface area contributed by atoms with Crippen LogP contribution in [0.15, 0.2) is 0 Å². The first kappa shape index (κ1) is 7.54. The van der Waals surface area contributed by atoms with E-state index >= 15 is 0 Å². The number of nitrogens with one attached hydrogen (secondary N) is 1. The van der Waals surface area contributed by atoms with Crippen molar-refractivity contribution in [3.05, 3.63) is 0 Å². The van der Waals surface area contributed by atoms with E-state index in [1.807, 2.05) is 13.8 Å². The van der Waals surface area contributed by atoms with Gasteiger partial charge in [0.25, 0.3) is 0 Å². The van der Waals surface area contributed by atoms with Crippen molar-refractivity contribution in [2.24, 2.45) is 5.41 Å². The Morgan fingerprint density at radius 1 is 1.70 bits per heavy atom. The van der Waals surface area contributed by atoms with Crippen LogP contribution in [0.3, 0.4) is 0 Å². The summed E-state index contributed by atoms with van der Waals surface area (Å²) < 4.78 is 4.94. The fourth-order valence-corrected chi connectivity index (χ4v) is 0.913. The first-order chi connectivity index (χ1) is 4.69. The molecule has 3 heteroatoms. The standard InChI is InChI=1S/C7H13NO2/c1-3-8-6(9)7(2)4-10-5-7/h3-5H2,1-2H3,(H,8,9). The van der Waals surface area contributed by atoms with Gasteiger partial charge in [0.15, 0.2) is 0 Å². The molecule has 0 spiro atoms. The molecule has 0 aliphatic carbocycles. The van der Waals surface area contributed by atoms with Crippen LogP contribution in [0.2, 0.25) is 0 Å². The highest BCUT2D eigenvalue weighted by Gasteiger charge is 2.40. The molecule has 1 fully saturated rings. The number of ether oxygens (including phenoxy) is 1. The van der Waals surface area contributed by atoms with Crippen molar-refractivity contribution in [3.8, 4) is 0 Å². The van der Waals surface area contributed by atoms with Gasteiger partial charge in [-0.1, -0.05) is 0 Å². The zero-order chi connectivity index (χ0) is 7.61. The van der Waals surface area contributed by atoms with Gasteiger partial charge in [-0.05, 0) is 13.8 Å². The molecule has 0 radical (unpaired) electrons. The monoisotopic (exact) mass is 143 g/mol. The van der Waals surface area contributed by atoms with Gasteiger partial charge in [-0.25, -0.2) is 0 Å². The highest BCUT2D eigenvalue weighted by molar-refractivity contribution is 5.83. The average molecular weight is 143 g/mol. The Morgan fingerprint density at radius 3 is 2.60 bits per heavy atom. The first-order valence-electron chi connectivity index (χ1n) is 3.55. The van der Waals surface area contributed by atoms with Gasteiger partial charge in [-0.2, -0.15) is 0 Å². The Kier molecular flexibility index (Phi) is 1.94. The quantitative estimate of drug-likeness (QED) is 0.598. The number of carbonyl (C=O) groups is 1. The summed E-state index contributed by atoms with van der Waals surface area (Å²) in [5.41, 5.74) is -0.240. The summed E-state index contributed by atoms with van der Waals surface area (Å²) >= 11 is 0. The van der Waals surface area contributed by atoms with E-state index in [0.29, 0.717) is 19.8 Å². The molecule has 0 aromatic heterocycles. The van der Waals surface area contributed by atoms with Crippen LogP contribution in [0.5, 0.6) is 0 Å². The minimum Gasteiger partial charge on any atom is -0.379 e. The third-order valence-corrected chi connectivity index (χ3v) is 1.73. The normalized spacial score (nSPS) is 21.4. The van der Waals surface area contributed by atoms with E-state index in [1.165, 1.54) is 0 Å². The molecule has 10 heavy (non-hydrogen) atoms. The van der Waals surface area contributed by atoms with Crippen LogP contribution in [0.1, 0.15) is 13.8 Å².